The Bertz CT molecular complexity index is 816. The molecule has 0 bridgehead atoms. The number of carboxylic acids is 1. The number of fused-ring (bicyclic) bond motifs is 1. The van der Waals surface area contributed by atoms with Crippen LogP contribution in [0, 0.1) is 0 Å². The number of carbonyl (C=O) groups is 1. The fourth-order valence-corrected chi connectivity index (χ4v) is 2.21. The molecule has 1 N–H and O–H groups in total. The first-order chi connectivity index (χ1) is 10.1. The van der Waals surface area contributed by atoms with Crippen LogP contribution in [0.3, 0.4) is 0 Å². The van der Waals surface area contributed by atoms with Gasteiger partial charge in [-0.2, -0.15) is 0 Å². The fourth-order valence-electron chi connectivity index (χ4n) is 2.03. The average molecular weight is 302 g/mol. The third kappa shape index (κ3) is 2.66. The second kappa shape index (κ2) is 5.41. The fraction of sp³-hybridized carbons (Fsp3) is 0.0714. The molecule has 0 aliphatic rings. The van der Waals surface area contributed by atoms with E-state index in [2.05, 4.69) is 15.6 Å². The van der Waals surface area contributed by atoms with Crippen molar-refractivity contribution in [1.82, 2.24) is 15.0 Å². The van der Waals surface area contributed by atoms with Crippen molar-refractivity contribution in [3.63, 3.8) is 0 Å². The van der Waals surface area contributed by atoms with Crippen LogP contribution in [0.25, 0.3) is 11.0 Å². The first-order valence-corrected chi connectivity index (χ1v) is 6.56. The molecule has 0 fully saturated rings. The van der Waals surface area contributed by atoms with E-state index in [4.69, 9.17) is 11.6 Å². The van der Waals surface area contributed by atoms with Crippen molar-refractivity contribution in [2.75, 3.05) is 5.32 Å². The van der Waals surface area contributed by atoms with E-state index in [0.29, 0.717) is 10.7 Å². The molecule has 3 aromatic rings. The molecule has 1 heterocycles. The highest BCUT2D eigenvalue weighted by Gasteiger charge is 2.06. The Hall–Kier alpha value is -2.60. The van der Waals surface area contributed by atoms with Crippen molar-refractivity contribution in [3.05, 3.63) is 53.1 Å². The van der Waals surface area contributed by atoms with Gasteiger partial charge in [-0.1, -0.05) is 28.9 Å². The molecule has 1 aromatic heterocycles. The highest BCUT2D eigenvalue weighted by molar-refractivity contribution is 6.31. The molecule has 0 radical (unpaired) electrons. The number of nitrogens with zero attached hydrogens (tertiary/aromatic N) is 3. The summed E-state index contributed by atoms with van der Waals surface area (Å²) in [6.45, 7) is 0.280. The van der Waals surface area contributed by atoms with Gasteiger partial charge in [0, 0.05) is 16.3 Å². The van der Waals surface area contributed by atoms with Crippen molar-refractivity contribution in [2.45, 2.75) is 6.67 Å². The quantitative estimate of drug-likeness (QED) is 0.790. The normalized spacial score (nSPS) is 10.7. The van der Waals surface area contributed by atoms with Crippen LogP contribution in [-0.2, 0) is 6.67 Å². The summed E-state index contributed by atoms with van der Waals surface area (Å²) in [5.41, 5.74) is 2.05. The summed E-state index contributed by atoms with van der Waals surface area (Å²) in [5.74, 6) is -1.29. The van der Waals surface area contributed by atoms with E-state index in [-0.39, 0.29) is 12.2 Å². The van der Waals surface area contributed by atoms with Crippen molar-refractivity contribution in [3.8, 4) is 0 Å². The minimum Gasteiger partial charge on any atom is -0.545 e. The van der Waals surface area contributed by atoms with Gasteiger partial charge in [0.1, 0.15) is 12.2 Å². The molecule has 21 heavy (non-hydrogen) atoms. The number of carbonyl (C=O) groups excluding carboxylic acids is 1. The predicted octanol–water partition coefficient (Wildman–Crippen LogP) is 1.52. The standard InChI is InChI=1S/C14H11ClN4O2/c15-9-5-6-11(10(7-9)14(20)21)16-8-19-13-4-2-1-3-12(13)17-18-19/h1-7,16H,8H2,(H,20,21)/p-1. The highest BCUT2D eigenvalue weighted by atomic mass is 35.5. The van der Waals surface area contributed by atoms with Crippen LogP contribution >= 0.6 is 11.6 Å². The lowest BCUT2D eigenvalue weighted by atomic mass is 10.2. The molecule has 0 atom stereocenters. The topological polar surface area (TPSA) is 82.9 Å². The predicted molar refractivity (Wildman–Crippen MR) is 76.9 cm³/mol. The zero-order valence-corrected chi connectivity index (χ0v) is 11.5. The highest BCUT2D eigenvalue weighted by Crippen LogP contribution is 2.20. The molecular formula is C14H10ClN4O2-. The average Bonchev–Trinajstić information content (AvgIpc) is 2.89. The number of hydrogen-bond donors (Lipinski definition) is 1. The molecule has 7 heteroatoms. The molecule has 0 saturated carbocycles. The molecule has 0 spiro atoms. The molecule has 106 valence electrons. The third-order valence-corrected chi connectivity index (χ3v) is 3.28. The van der Waals surface area contributed by atoms with Crippen LogP contribution < -0.4 is 10.4 Å². The zero-order valence-electron chi connectivity index (χ0n) is 10.8. The summed E-state index contributed by atoms with van der Waals surface area (Å²) in [6, 6.07) is 12.0. The Kier molecular flexibility index (Phi) is 3.45. The van der Waals surface area contributed by atoms with E-state index >= 15 is 0 Å². The number of benzene rings is 2. The summed E-state index contributed by atoms with van der Waals surface area (Å²) < 4.78 is 1.64. The third-order valence-electron chi connectivity index (χ3n) is 3.04. The Morgan fingerprint density at radius 2 is 2.10 bits per heavy atom. The largest absolute Gasteiger partial charge is 0.545 e. The van der Waals surface area contributed by atoms with Crippen LogP contribution in [0.4, 0.5) is 5.69 Å². The minimum absolute atomic E-state index is 0.00641. The van der Waals surface area contributed by atoms with Crippen molar-refractivity contribution in [1.29, 1.82) is 0 Å². The smallest absolute Gasteiger partial charge is 0.113 e. The lowest BCUT2D eigenvalue weighted by molar-refractivity contribution is -0.254. The van der Waals surface area contributed by atoms with Crippen LogP contribution in [0.1, 0.15) is 10.4 Å². The second-order valence-electron chi connectivity index (χ2n) is 4.39. The summed E-state index contributed by atoms with van der Waals surface area (Å²) >= 11 is 5.79. The molecule has 3 rings (SSSR count). The van der Waals surface area contributed by atoms with Crippen LogP contribution in [0.2, 0.25) is 5.02 Å². The Labute approximate surface area is 125 Å². The maximum absolute atomic E-state index is 11.1. The first kappa shape index (κ1) is 13.4. The van der Waals surface area contributed by atoms with Gasteiger partial charge >= 0.3 is 0 Å². The number of aromatic nitrogens is 3. The number of halogens is 1. The van der Waals surface area contributed by atoms with Gasteiger partial charge in [-0.25, -0.2) is 4.68 Å². The second-order valence-corrected chi connectivity index (χ2v) is 4.83. The molecule has 0 unspecified atom stereocenters. The number of rotatable bonds is 4. The molecular weight excluding hydrogens is 292 g/mol. The number of anilines is 1. The van der Waals surface area contributed by atoms with Crippen molar-refractivity contribution >= 4 is 34.3 Å². The molecule has 0 amide bonds. The molecule has 0 aliphatic carbocycles. The van der Waals surface area contributed by atoms with Crippen LogP contribution in [0.15, 0.2) is 42.5 Å². The van der Waals surface area contributed by atoms with E-state index in [1.807, 2.05) is 24.3 Å². The van der Waals surface area contributed by atoms with E-state index in [1.54, 1.807) is 16.8 Å². The van der Waals surface area contributed by atoms with Gasteiger partial charge in [-0.3, -0.25) is 0 Å². The maximum atomic E-state index is 11.1. The van der Waals surface area contributed by atoms with Gasteiger partial charge in [0.15, 0.2) is 0 Å². The lowest BCUT2D eigenvalue weighted by Crippen LogP contribution is -2.24. The number of para-hydroxylation sites is 1. The van der Waals surface area contributed by atoms with Crippen molar-refractivity contribution in [2.24, 2.45) is 0 Å². The maximum Gasteiger partial charge on any atom is 0.113 e. The number of nitrogens with one attached hydrogen (secondary N) is 1. The zero-order chi connectivity index (χ0) is 14.8. The Morgan fingerprint density at radius 1 is 1.29 bits per heavy atom. The molecule has 0 saturated heterocycles. The van der Waals surface area contributed by atoms with Gasteiger partial charge in [0.2, 0.25) is 0 Å². The summed E-state index contributed by atoms with van der Waals surface area (Å²) in [5, 5.41) is 22.5. The Morgan fingerprint density at radius 3 is 2.90 bits per heavy atom. The first-order valence-electron chi connectivity index (χ1n) is 6.18. The Balaban J connectivity index is 1.87. The van der Waals surface area contributed by atoms with Gasteiger partial charge < -0.3 is 15.2 Å². The summed E-state index contributed by atoms with van der Waals surface area (Å²) in [7, 11) is 0. The van der Waals surface area contributed by atoms with Gasteiger partial charge in [-0.15, -0.1) is 5.10 Å². The van der Waals surface area contributed by atoms with Crippen LogP contribution in [0.5, 0.6) is 0 Å². The molecule has 6 nitrogen and oxygen atoms in total. The molecule has 0 aliphatic heterocycles. The van der Waals surface area contributed by atoms with E-state index in [1.165, 1.54) is 6.07 Å². The van der Waals surface area contributed by atoms with Gasteiger partial charge in [-0.05, 0) is 30.3 Å². The minimum atomic E-state index is -1.29. The molecule has 2 aromatic carbocycles. The van der Waals surface area contributed by atoms with Gasteiger partial charge in [0.25, 0.3) is 0 Å². The number of hydrogen-bond acceptors (Lipinski definition) is 5. The number of aromatic carboxylic acids is 1. The monoisotopic (exact) mass is 301 g/mol. The number of carboxylic acid groups (broad SMARTS) is 1. The van der Waals surface area contributed by atoms with Crippen LogP contribution in [-0.4, -0.2) is 21.0 Å². The van der Waals surface area contributed by atoms with E-state index in [0.717, 1.165) is 11.0 Å². The van der Waals surface area contributed by atoms with Crippen molar-refractivity contribution < 1.29 is 9.90 Å². The SMILES string of the molecule is O=C([O-])c1cc(Cl)ccc1NCn1nnc2ccccc21. The summed E-state index contributed by atoms with van der Waals surface area (Å²) in [6.07, 6.45) is 0. The van der Waals surface area contributed by atoms with Gasteiger partial charge in [0.05, 0.1) is 11.5 Å². The van der Waals surface area contributed by atoms with E-state index in [9.17, 15) is 9.90 Å². The lowest BCUT2D eigenvalue weighted by Gasteiger charge is -2.13. The van der Waals surface area contributed by atoms with E-state index < -0.39 is 5.97 Å². The summed E-state index contributed by atoms with van der Waals surface area (Å²) in [4.78, 5) is 11.1.